The van der Waals surface area contributed by atoms with Gasteiger partial charge in [-0.2, -0.15) is 0 Å². The van der Waals surface area contributed by atoms with Gasteiger partial charge in [0.05, 0.1) is 7.11 Å². The first-order valence-electron chi connectivity index (χ1n) is 8.23. The molecule has 5 heteroatoms. The van der Waals surface area contributed by atoms with Crippen molar-refractivity contribution in [3.8, 4) is 11.4 Å². The number of hydrogen-bond acceptors (Lipinski definition) is 4. The van der Waals surface area contributed by atoms with E-state index in [1.54, 1.807) is 13.4 Å². The van der Waals surface area contributed by atoms with Crippen molar-refractivity contribution in [3.63, 3.8) is 0 Å². The second-order valence-electron chi connectivity index (χ2n) is 6.05. The molecule has 2 N–H and O–H groups in total. The van der Waals surface area contributed by atoms with Crippen LogP contribution in [0.15, 0.2) is 42.9 Å². The predicted molar refractivity (Wildman–Crippen MR) is 96.3 cm³/mol. The summed E-state index contributed by atoms with van der Waals surface area (Å²) >= 11 is 0. The van der Waals surface area contributed by atoms with E-state index in [0.29, 0.717) is 5.82 Å². The van der Waals surface area contributed by atoms with E-state index >= 15 is 0 Å². The zero-order chi connectivity index (χ0) is 16.5. The van der Waals surface area contributed by atoms with Crippen molar-refractivity contribution < 1.29 is 4.74 Å². The number of methoxy groups -OCH3 is 1. The summed E-state index contributed by atoms with van der Waals surface area (Å²) in [6, 6.07) is 7.93. The van der Waals surface area contributed by atoms with E-state index in [2.05, 4.69) is 26.8 Å². The Labute approximate surface area is 140 Å². The van der Waals surface area contributed by atoms with Crippen LogP contribution in [0.25, 0.3) is 22.3 Å². The number of rotatable bonds is 3. The van der Waals surface area contributed by atoms with E-state index in [0.717, 1.165) is 40.9 Å². The van der Waals surface area contributed by atoms with Gasteiger partial charge in [0.15, 0.2) is 5.82 Å². The second-order valence-corrected chi connectivity index (χ2v) is 6.05. The maximum Gasteiger partial charge on any atom is 0.151 e. The molecular formula is C19H20N4O. The van der Waals surface area contributed by atoms with Crippen LogP contribution in [0.5, 0.6) is 5.75 Å². The van der Waals surface area contributed by atoms with Crippen LogP contribution in [-0.4, -0.2) is 21.6 Å². The minimum atomic E-state index is 0.491. The van der Waals surface area contributed by atoms with Crippen LogP contribution in [0, 0.1) is 0 Å². The number of nitrogens with two attached hydrogens (primary N) is 1. The summed E-state index contributed by atoms with van der Waals surface area (Å²) in [5, 5.41) is 0. The van der Waals surface area contributed by atoms with Crippen LogP contribution in [0.1, 0.15) is 31.2 Å². The first kappa shape index (κ1) is 14.8. The van der Waals surface area contributed by atoms with Gasteiger partial charge in [0.2, 0.25) is 0 Å². The van der Waals surface area contributed by atoms with E-state index in [9.17, 15) is 0 Å². The maximum atomic E-state index is 6.19. The molecule has 4 rings (SSSR count). The third-order valence-corrected chi connectivity index (χ3v) is 4.57. The van der Waals surface area contributed by atoms with Gasteiger partial charge < -0.3 is 15.0 Å². The van der Waals surface area contributed by atoms with E-state index in [-0.39, 0.29) is 0 Å². The maximum absolute atomic E-state index is 6.19. The Hall–Kier alpha value is -2.82. The number of anilines is 1. The molecule has 0 unspecified atom stereocenters. The van der Waals surface area contributed by atoms with Crippen molar-refractivity contribution in [2.24, 2.45) is 0 Å². The highest BCUT2D eigenvalue weighted by molar-refractivity contribution is 5.96. The summed E-state index contributed by atoms with van der Waals surface area (Å²) in [5.41, 5.74) is 11.5. The van der Waals surface area contributed by atoms with Gasteiger partial charge in [-0.15, -0.1) is 0 Å². The number of nitrogens with zero attached hydrogens (tertiary/aromatic N) is 3. The smallest absolute Gasteiger partial charge is 0.151 e. The summed E-state index contributed by atoms with van der Waals surface area (Å²) in [4.78, 5) is 8.71. The third-order valence-electron chi connectivity index (χ3n) is 4.57. The molecule has 122 valence electrons. The highest BCUT2D eigenvalue weighted by Crippen LogP contribution is 2.35. The highest BCUT2D eigenvalue weighted by Gasteiger charge is 2.18. The molecule has 0 atom stereocenters. The predicted octanol–water partition coefficient (Wildman–Crippen LogP) is 3.97. The lowest BCUT2D eigenvalue weighted by molar-refractivity contribution is 0.414. The van der Waals surface area contributed by atoms with Gasteiger partial charge in [0.25, 0.3) is 0 Å². The molecule has 1 aliphatic rings. The molecule has 0 fully saturated rings. The van der Waals surface area contributed by atoms with Gasteiger partial charge in [-0.05, 0) is 43.4 Å². The topological polar surface area (TPSA) is 66.0 Å². The monoisotopic (exact) mass is 320 g/mol. The second kappa shape index (κ2) is 6.00. The van der Waals surface area contributed by atoms with Crippen LogP contribution in [0.4, 0.5) is 5.82 Å². The molecule has 3 aromatic rings. The van der Waals surface area contributed by atoms with Crippen molar-refractivity contribution in [1.29, 1.82) is 0 Å². The van der Waals surface area contributed by atoms with Crippen molar-refractivity contribution in [1.82, 2.24) is 14.5 Å². The van der Waals surface area contributed by atoms with Gasteiger partial charge in [-0.1, -0.05) is 12.1 Å². The van der Waals surface area contributed by atoms with Crippen LogP contribution in [0.3, 0.4) is 0 Å². The first-order chi connectivity index (χ1) is 11.8. The minimum absolute atomic E-state index is 0.491. The summed E-state index contributed by atoms with van der Waals surface area (Å²) in [7, 11) is 1.67. The van der Waals surface area contributed by atoms with E-state index in [4.69, 9.17) is 10.5 Å². The van der Waals surface area contributed by atoms with Crippen LogP contribution in [0.2, 0.25) is 0 Å². The molecule has 5 nitrogen and oxygen atoms in total. The Morgan fingerprint density at radius 2 is 2.12 bits per heavy atom. The summed E-state index contributed by atoms with van der Waals surface area (Å²) < 4.78 is 7.42. The number of benzene rings is 1. The van der Waals surface area contributed by atoms with Gasteiger partial charge >= 0.3 is 0 Å². The van der Waals surface area contributed by atoms with Crippen molar-refractivity contribution in [3.05, 3.63) is 48.4 Å². The van der Waals surface area contributed by atoms with Crippen LogP contribution >= 0.6 is 0 Å². The van der Waals surface area contributed by atoms with E-state index in [1.807, 2.05) is 24.3 Å². The Kier molecular flexibility index (Phi) is 3.69. The molecule has 0 radical (unpaired) electrons. The molecule has 2 heterocycles. The molecule has 0 saturated heterocycles. The van der Waals surface area contributed by atoms with Gasteiger partial charge in [0.1, 0.15) is 23.1 Å². The Morgan fingerprint density at radius 1 is 1.21 bits per heavy atom. The van der Waals surface area contributed by atoms with Gasteiger partial charge in [0, 0.05) is 23.5 Å². The number of allylic oxidation sites excluding steroid dienone is 2. The minimum Gasteiger partial charge on any atom is -0.497 e. The Balaban J connectivity index is 1.97. The number of fused-ring (bicyclic) bond motifs is 1. The molecule has 0 spiro atoms. The Bertz CT molecular complexity index is 926. The SMILES string of the molecule is COc1cccc(-n2cc(C3=CCCCC3)c3ncnc(N)c32)c1. The summed E-state index contributed by atoms with van der Waals surface area (Å²) in [6.45, 7) is 0. The summed E-state index contributed by atoms with van der Waals surface area (Å²) in [6.07, 6.45) is 10.7. The largest absolute Gasteiger partial charge is 0.497 e. The molecular weight excluding hydrogens is 300 g/mol. The molecule has 0 amide bonds. The standard InChI is InChI=1S/C19H20N4O/c1-24-15-9-5-8-14(10-15)23-11-16(13-6-3-2-4-7-13)17-18(23)19(20)22-12-21-17/h5-6,8-12H,2-4,7H2,1H3,(H2,20,21,22). The average molecular weight is 320 g/mol. The van der Waals surface area contributed by atoms with Crippen molar-refractivity contribution >= 4 is 22.4 Å². The first-order valence-corrected chi connectivity index (χ1v) is 8.23. The fraction of sp³-hybridized carbons (Fsp3) is 0.263. The quantitative estimate of drug-likeness (QED) is 0.793. The number of nitrogen functional groups attached to an aromatic ring is 1. The van der Waals surface area contributed by atoms with Gasteiger partial charge in [-0.3, -0.25) is 0 Å². The fourth-order valence-electron chi connectivity index (χ4n) is 3.36. The molecule has 0 saturated carbocycles. The van der Waals surface area contributed by atoms with Crippen molar-refractivity contribution in [2.75, 3.05) is 12.8 Å². The molecule has 24 heavy (non-hydrogen) atoms. The lowest BCUT2D eigenvalue weighted by atomic mass is 9.95. The fourth-order valence-corrected chi connectivity index (χ4v) is 3.36. The Morgan fingerprint density at radius 3 is 2.92 bits per heavy atom. The highest BCUT2D eigenvalue weighted by atomic mass is 16.5. The zero-order valence-electron chi connectivity index (χ0n) is 13.7. The molecule has 1 aliphatic carbocycles. The number of aromatic nitrogens is 3. The van der Waals surface area contributed by atoms with Crippen LogP contribution < -0.4 is 10.5 Å². The molecule has 2 aromatic heterocycles. The lowest BCUT2D eigenvalue weighted by Crippen LogP contribution is -1.99. The third kappa shape index (κ3) is 2.42. The lowest BCUT2D eigenvalue weighted by Gasteiger charge is -2.11. The average Bonchev–Trinajstić information content (AvgIpc) is 3.04. The number of ether oxygens (including phenoxy) is 1. The zero-order valence-corrected chi connectivity index (χ0v) is 13.7. The van der Waals surface area contributed by atoms with E-state index < -0.39 is 0 Å². The van der Waals surface area contributed by atoms with Gasteiger partial charge in [-0.25, -0.2) is 9.97 Å². The molecule has 0 aliphatic heterocycles. The number of hydrogen-bond donors (Lipinski definition) is 1. The molecule has 1 aromatic carbocycles. The summed E-state index contributed by atoms with van der Waals surface area (Å²) in [5.74, 6) is 1.30. The molecule has 0 bridgehead atoms. The van der Waals surface area contributed by atoms with E-state index in [1.165, 1.54) is 18.4 Å². The normalized spacial score (nSPS) is 14.6. The van der Waals surface area contributed by atoms with Crippen molar-refractivity contribution in [2.45, 2.75) is 25.7 Å². The van der Waals surface area contributed by atoms with Crippen LogP contribution in [-0.2, 0) is 0 Å².